The van der Waals surface area contributed by atoms with Crippen molar-refractivity contribution in [2.24, 2.45) is 0 Å². The zero-order chi connectivity index (χ0) is 26.1. The Labute approximate surface area is 221 Å². The number of hydrogen-bond donors (Lipinski definition) is 2. The van der Waals surface area contributed by atoms with Crippen LogP contribution in [0.5, 0.6) is 0 Å². The van der Waals surface area contributed by atoms with Gasteiger partial charge in [0.05, 0.1) is 16.8 Å². The van der Waals surface area contributed by atoms with Gasteiger partial charge >= 0.3 is 0 Å². The number of imide groups is 1. The number of halogens is 2. The van der Waals surface area contributed by atoms with Crippen molar-refractivity contribution in [2.75, 3.05) is 15.5 Å². The molecule has 0 aliphatic carbocycles. The zero-order valence-corrected chi connectivity index (χ0v) is 20.5. The summed E-state index contributed by atoms with van der Waals surface area (Å²) in [5, 5.41) is 6.55. The molecule has 0 atom stereocenters. The predicted molar refractivity (Wildman–Crippen MR) is 143 cm³/mol. The van der Waals surface area contributed by atoms with Gasteiger partial charge in [-0.3, -0.25) is 19.2 Å². The molecule has 4 aromatic carbocycles. The average molecular weight is 530 g/mol. The van der Waals surface area contributed by atoms with Crippen LogP contribution in [-0.2, 0) is 0 Å². The van der Waals surface area contributed by atoms with Crippen LogP contribution in [0.2, 0.25) is 10.0 Å². The van der Waals surface area contributed by atoms with Crippen molar-refractivity contribution in [2.45, 2.75) is 0 Å². The van der Waals surface area contributed by atoms with Crippen LogP contribution >= 0.6 is 23.2 Å². The molecule has 37 heavy (non-hydrogen) atoms. The van der Waals surface area contributed by atoms with E-state index in [0.29, 0.717) is 21.4 Å². The molecule has 1 heterocycles. The van der Waals surface area contributed by atoms with Crippen molar-refractivity contribution >= 4 is 63.9 Å². The predicted octanol–water partition coefficient (Wildman–Crippen LogP) is 6.30. The molecule has 4 amide bonds. The highest BCUT2D eigenvalue weighted by Gasteiger charge is 2.37. The van der Waals surface area contributed by atoms with Gasteiger partial charge in [0.1, 0.15) is 0 Å². The monoisotopic (exact) mass is 529 g/mol. The summed E-state index contributed by atoms with van der Waals surface area (Å²) in [4.78, 5) is 52.8. The summed E-state index contributed by atoms with van der Waals surface area (Å²) in [6.07, 6.45) is 0. The number of anilines is 3. The van der Waals surface area contributed by atoms with Crippen molar-refractivity contribution in [1.29, 1.82) is 0 Å². The molecule has 0 saturated heterocycles. The number of benzene rings is 4. The third kappa shape index (κ3) is 4.95. The van der Waals surface area contributed by atoms with E-state index in [1.54, 1.807) is 66.7 Å². The smallest absolute Gasteiger partial charge is 0.266 e. The molecule has 0 unspecified atom stereocenters. The van der Waals surface area contributed by atoms with Gasteiger partial charge in [0.25, 0.3) is 23.6 Å². The maximum absolute atomic E-state index is 13.2. The fourth-order valence-electron chi connectivity index (χ4n) is 3.88. The summed E-state index contributed by atoms with van der Waals surface area (Å²) in [6, 6.07) is 23.7. The lowest BCUT2D eigenvalue weighted by molar-refractivity contribution is 0.0923. The molecule has 7 nitrogen and oxygen atoms in total. The standard InChI is InChI=1S/C28H17Cl2N3O4/c29-18-5-9-20(10-6-18)31-25(34)16-2-1-3-22(14-16)33-27(36)23-13-4-17(15-24(23)28(33)37)26(35)32-21-11-7-19(30)8-12-21/h1-15H,(H,31,34)(H,32,35). The number of carbonyl (C=O) groups excluding carboxylic acids is 4. The molecule has 5 rings (SSSR count). The second kappa shape index (κ2) is 9.89. The lowest BCUT2D eigenvalue weighted by atomic mass is 10.1. The number of fused-ring (bicyclic) bond motifs is 1. The van der Waals surface area contributed by atoms with Gasteiger partial charge in [-0.15, -0.1) is 0 Å². The Morgan fingerprint density at radius 1 is 0.595 bits per heavy atom. The van der Waals surface area contributed by atoms with Crippen molar-refractivity contribution in [3.8, 4) is 0 Å². The number of rotatable bonds is 5. The summed E-state index contributed by atoms with van der Waals surface area (Å²) in [5.74, 6) is -1.98. The number of amides is 4. The number of nitrogens with zero attached hydrogens (tertiary/aromatic N) is 1. The first-order valence-electron chi connectivity index (χ1n) is 11.1. The summed E-state index contributed by atoms with van der Waals surface area (Å²) in [6.45, 7) is 0. The van der Waals surface area contributed by atoms with Gasteiger partial charge in [0, 0.05) is 32.5 Å². The summed E-state index contributed by atoms with van der Waals surface area (Å²) in [7, 11) is 0. The first-order valence-corrected chi connectivity index (χ1v) is 11.8. The molecule has 0 bridgehead atoms. The van der Waals surface area contributed by atoms with Crippen LogP contribution in [0.15, 0.2) is 91.0 Å². The van der Waals surface area contributed by atoms with Gasteiger partial charge in [0.15, 0.2) is 0 Å². The molecule has 4 aromatic rings. The van der Waals surface area contributed by atoms with Gasteiger partial charge < -0.3 is 10.6 Å². The lowest BCUT2D eigenvalue weighted by Crippen LogP contribution is -2.29. The van der Waals surface area contributed by atoms with Gasteiger partial charge in [-0.2, -0.15) is 0 Å². The van der Waals surface area contributed by atoms with Crippen LogP contribution in [0.1, 0.15) is 41.4 Å². The number of carbonyl (C=O) groups is 4. The highest BCUT2D eigenvalue weighted by Crippen LogP contribution is 2.30. The zero-order valence-electron chi connectivity index (χ0n) is 19.0. The van der Waals surface area contributed by atoms with E-state index in [9.17, 15) is 19.2 Å². The molecule has 0 spiro atoms. The van der Waals surface area contributed by atoms with E-state index in [2.05, 4.69) is 10.6 Å². The van der Waals surface area contributed by atoms with E-state index >= 15 is 0 Å². The van der Waals surface area contributed by atoms with Gasteiger partial charge in [-0.1, -0.05) is 29.3 Å². The van der Waals surface area contributed by atoms with E-state index in [1.165, 1.54) is 24.3 Å². The Morgan fingerprint density at radius 2 is 1.11 bits per heavy atom. The van der Waals surface area contributed by atoms with Gasteiger partial charge in [-0.05, 0) is 84.9 Å². The third-order valence-electron chi connectivity index (χ3n) is 5.72. The Bertz CT molecular complexity index is 1570. The summed E-state index contributed by atoms with van der Waals surface area (Å²) in [5.41, 5.74) is 2.06. The highest BCUT2D eigenvalue weighted by atomic mass is 35.5. The van der Waals surface area contributed by atoms with Crippen molar-refractivity contribution in [1.82, 2.24) is 0 Å². The lowest BCUT2D eigenvalue weighted by Gasteiger charge is -2.15. The topological polar surface area (TPSA) is 95.6 Å². The largest absolute Gasteiger partial charge is 0.322 e. The van der Waals surface area contributed by atoms with Crippen LogP contribution in [0.3, 0.4) is 0 Å². The van der Waals surface area contributed by atoms with E-state index in [-0.39, 0.29) is 27.9 Å². The normalized spacial score (nSPS) is 12.3. The van der Waals surface area contributed by atoms with E-state index in [1.807, 2.05) is 0 Å². The van der Waals surface area contributed by atoms with Crippen LogP contribution in [-0.4, -0.2) is 23.6 Å². The maximum Gasteiger partial charge on any atom is 0.266 e. The van der Waals surface area contributed by atoms with Crippen LogP contribution in [0.25, 0.3) is 0 Å². The minimum absolute atomic E-state index is 0.102. The fraction of sp³-hybridized carbons (Fsp3) is 0. The quantitative estimate of drug-likeness (QED) is 0.296. The molecule has 0 aromatic heterocycles. The molecule has 1 aliphatic rings. The highest BCUT2D eigenvalue weighted by molar-refractivity contribution is 6.35. The van der Waals surface area contributed by atoms with Crippen molar-refractivity contribution in [3.05, 3.63) is 123 Å². The van der Waals surface area contributed by atoms with Crippen LogP contribution in [0.4, 0.5) is 17.1 Å². The Balaban J connectivity index is 1.37. The molecular weight excluding hydrogens is 513 g/mol. The minimum Gasteiger partial charge on any atom is -0.322 e. The molecule has 9 heteroatoms. The molecule has 0 fully saturated rings. The molecule has 182 valence electrons. The van der Waals surface area contributed by atoms with Crippen molar-refractivity contribution in [3.63, 3.8) is 0 Å². The van der Waals surface area contributed by atoms with Crippen molar-refractivity contribution < 1.29 is 19.2 Å². The first-order chi connectivity index (χ1) is 17.8. The SMILES string of the molecule is O=C(Nc1ccc(Cl)cc1)c1cccc(N2C(=O)c3ccc(C(=O)Nc4ccc(Cl)cc4)cc3C2=O)c1. The number of hydrogen-bond acceptors (Lipinski definition) is 4. The molecule has 0 saturated carbocycles. The molecule has 0 radical (unpaired) electrons. The Hall–Kier alpha value is -4.46. The van der Waals surface area contributed by atoms with Crippen LogP contribution in [0, 0.1) is 0 Å². The van der Waals surface area contributed by atoms with Crippen LogP contribution < -0.4 is 15.5 Å². The third-order valence-corrected chi connectivity index (χ3v) is 6.22. The van der Waals surface area contributed by atoms with Gasteiger partial charge in [-0.25, -0.2) is 4.90 Å². The van der Waals surface area contributed by atoms with E-state index in [4.69, 9.17) is 23.2 Å². The molecule has 2 N–H and O–H groups in total. The Kier molecular flexibility index (Phi) is 6.48. The first kappa shape index (κ1) is 24.2. The number of nitrogens with one attached hydrogen (secondary N) is 2. The molecule has 1 aliphatic heterocycles. The maximum atomic E-state index is 13.2. The summed E-state index contributed by atoms with van der Waals surface area (Å²) < 4.78 is 0. The molecular formula is C28H17Cl2N3O4. The van der Waals surface area contributed by atoms with Gasteiger partial charge in [0.2, 0.25) is 0 Å². The van der Waals surface area contributed by atoms with E-state index in [0.717, 1.165) is 4.90 Å². The summed E-state index contributed by atoms with van der Waals surface area (Å²) >= 11 is 11.8. The second-order valence-corrected chi connectivity index (χ2v) is 9.05. The fourth-order valence-corrected chi connectivity index (χ4v) is 4.13. The minimum atomic E-state index is -0.587. The average Bonchev–Trinajstić information content (AvgIpc) is 3.15. The van der Waals surface area contributed by atoms with E-state index < -0.39 is 23.6 Å². The Morgan fingerprint density at radius 3 is 1.68 bits per heavy atom. The second-order valence-electron chi connectivity index (χ2n) is 8.18.